The van der Waals surface area contributed by atoms with Crippen LogP contribution in [0.15, 0.2) is 47.4 Å². The van der Waals surface area contributed by atoms with Gasteiger partial charge in [-0.3, -0.25) is 0 Å². The van der Waals surface area contributed by atoms with Crippen molar-refractivity contribution < 1.29 is 32.1 Å². The molecule has 34 heavy (non-hydrogen) atoms. The molecule has 0 amide bonds. The molecule has 0 spiro atoms. The van der Waals surface area contributed by atoms with Gasteiger partial charge in [-0.25, -0.2) is 8.42 Å². The van der Waals surface area contributed by atoms with Gasteiger partial charge in [-0.2, -0.15) is 0 Å². The fourth-order valence-corrected chi connectivity index (χ4v) is 5.62. The first-order valence-electron chi connectivity index (χ1n) is 12.0. The molecule has 1 aromatic carbocycles. The molecule has 194 valence electrons. The molecular weight excluding hydrogens is 456 g/mol. The second-order valence-electron chi connectivity index (χ2n) is 9.58. The van der Waals surface area contributed by atoms with Gasteiger partial charge in [0.05, 0.1) is 48.8 Å². The summed E-state index contributed by atoms with van der Waals surface area (Å²) in [5.74, 6) is 0.327. The highest BCUT2D eigenvalue weighted by molar-refractivity contribution is 7.91. The zero-order valence-electron chi connectivity index (χ0n) is 21.5. The first-order chi connectivity index (χ1) is 15.9. The van der Waals surface area contributed by atoms with E-state index in [4.69, 9.17) is 23.7 Å². The average molecular weight is 499 g/mol. The van der Waals surface area contributed by atoms with Gasteiger partial charge in [0, 0.05) is 19.6 Å². The number of hydrogen-bond donors (Lipinski definition) is 0. The van der Waals surface area contributed by atoms with Crippen molar-refractivity contribution in [3.63, 3.8) is 0 Å². The molecule has 4 rings (SSSR count). The molecule has 8 heteroatoms. The van der Waals surface area contributed by atoms with Crippen LogP contribution in [0.5, 0.6) is 0 Å². The Morgan fingerprint density at radius 2 is 1.76 bits per heavy atom. The van der Waals surface area contributed by atoms with Crippen LogP contribution in [0.3, 0.4) is 0 Å². The van der Waals surface area contributed by atoms with Crippen LogP contribution in [-0.4, -0.2) is 71.8 Å². The summed E-state index contributed by atoms with van der Waals surface area (Å²) in [7, 11) is -1.66. The van der Waals surface area contributed by atoms with Gasteiger partial charge in [0.2, 0.25) is 0 Å². The number of hydrogen-bond acceptors (Lipinski definition) is 7. The molecular formula is C26H42O7S. The summed E-state index contributed by atoms with van der Waals surface area (Å²) in [5, 5.41) is 0. The zero-order chi connectivity index (χ0) is 25.4. The monoisotopic (exact) mass is 498 g/mol. The largest absolute Gasteiger partial charge is 0.379 e. The summed E-state index contributed by atoms with van der Waals surface area (Å²) < 4.78 is 50.7. The van der Waals surface area contributed by atoms with Crippen molar-refractivity contribution in [1.29, 1.82) is 0 Å². The Morgan fingerprint density at radius 3 is 2.24 bits per heavy atom. The van der Waals surface area contributed by atoms with E-state index < -0.39 is 9.84 Å². The van der Waals surface area contributed by atoms with Crippen molar-refractivity contribution in [2.45, 2.75) is 70.0 Å². The zero-order valence-corrected chi connectivity index (χ0v) is 22.3. The molecule has 3 fully saturated rings. The van der Waals surface area contributed by atoms with E-state index in [1.54, 1.807) is 37.4 Å². The van der Waals surface area contributed by atoms with Crippen molar-refractivity contribution >= 4 is 9.84 Å². The summed E-state index contributed by atoms with van der Waals surface area (Å²) in [5.41, 5.74) is 1.25. The average Bonchev–Trinajstić information content (AvgIpc) is 3.37. The second kappa shape index (κ2) is 13.1. The van der Waals surface area contributed by atoms with Crippen molar-refractivity contribution in [3.05, 3.63) is 42.5 Å². The lowest BCUT2D eigenvalue weighted by molar-refractivity contribution is -0.136. The smallest absolute Gasteiger partial charge is 0.178 e. The highest BCUT2D eigenvalue weighted by Gasteiger charge is 2.33. The molecule has 3 aliphatic rings. The third-order valence-electron chi connectivity index (χ3n) is 6.20. The molecule has 3 heterocycles. The molecule has 0 aromatic heterocycles. The molecule has 0 aliphatic carbocycles. The lowest BCUT2D eigenvalue weighted by atomic mass is 9.93. The lowest BCUT2D eigenvalue weighted by Crippen LogP contribution is -2.27. The maximum atomic E-state index is 12.1. The van der Waals surface area contributed by atoms with E-state index in [0.29, 0.717) is 24.0 Å². The minimum absolute atomic E-state index is 0.0785. The van der Waals surface area contributed by atoms with E-state index in [-0.39, 0.29) is 35.8 Å². The van der Waals surface area contributed by atoms with Crippen LogP contribution in [0.2, 0.25) is 0 Å². The highest BCUT2D eigenvalue weighted by Crippen LogP contribution is 2.24. The highest BCUT2D eigenvalue weighted by atomic mass is 32.2. The number of methoxy groups -OCH3 is 1. The van der Waals surface area contributed by atoms with Crippen LogP contribution in [0, 0.1) is 11.8 Å². The molecule has 5 atom stereocenters. The van der Waals surface area contributed by atoms with E-state index in [1.807, 2.05) is 20.8 Å². The molecule has 3 unspecified atom stereocenters. The number of sulfone groups is 1. The minimum Gasteiger partial charge on any atom is -0.379 e. The summed E-state index contributed by atoms with van der Waals surface area (Å²) in [6.45, 7) is 16.7. The molecule has 1 aromatic rings. The first kappa shape index (κ1) is 28.9. The van der Waals surface area contributed by atoms with E-state index in [0.717, 1.165) is 19.6 Å². The SMILES string of the molecule is C=C1C(C)OCC[C@H]1C.CC1COC(C)(C)O1.CO[C@H]1COCC1CS(=O)(=O)c1ccccc1. The van der Waals surface area contributed by atoms with Gasteiger partial charge in [0.1, 0.15) is 0 Å². The van der Waals surface area contributed by atoms with E-state index in [9.17, 15) is 8.42 Å². The molecule has 3 aliphatic heterocycles. The Bertz CT molecular complexity index is 841. The van der Waals surface area contributed by atoms with Crippen LogP contribution >= 0.6 is 0 Å². The van der Waals surface area contributed by atoms with Crippen molar-refractivity contribution in [1.82, 2.24) is 0 Å². The third-order valence-corrected chi connectivity index (χ3v) is 8.06. The Hall–Kier alpha value is -1.29. The summed E-state index contributed by atoms with van der Waals surface area (Å²) in [6.07, 6.45) is 1.58. The van der Waals surface area contributed by atoms with Gasteiger partial charge in [-0.05, 0) is 57.7 Å². The van der Waals surface area contributed by atoms with Crippen molar-refractivity contribution in [2.75, 3.05) is 39.3 Å². The van der Waals surface area contributed by atoms with Crippen molar-refractivity contribution in [2.24, 2.45) is 11.8 Å². The molecule has 0 N–H and O–H groups in total. The van der Waals surface area contributed by atoms with Gasteiger partial charge in [-0.1, -0.05) is 31.7 Å². The summed E-state index contributed by atoms with van der Waals surface area (Å²) in [6, 6.07) is 8.49. The van der Waals surface area contributed by atoms with Crippen molar-refractivity contribution in [3.8, 4) is 0 Å². The predicted molar refractivity (Wildman–Crippen MR) is 133 cm³/mol. The Balaban J connectivity index is 0.000000201. The maximum absolute atomic E-state index is 12.1. The van der Waals surface area contributed by atoms with Gasteiger partial charge in [0.25, 0.3) is 0 Å². The first-order valence-corrected chi connectivity index (χ1v) is 13.6. The van der Waals surface area contributed by atoms with Crippen LogP contribution in [-0.2, 0) is 33.5 Å². The fraction of sp³-hybridized carbons (Fsp3) is 0.692. The molecule has 7 nitrogen and oxygen atoms in total. The number of ether oxygens (including phenoxy) is 5. The number of benzene rings is 1. The Labute approximate surface area is 205 Å². The second-order valence-corrected chi connectivity index (χ2v) is 11.6. The van der Waals surface area contributed by atoms with E-state index in [1.165, 1.54) is 5.57 Å². The summed E-state index contributed by atoms with van der Waals surface area (Å²) in [4.78, 5) is 0.363. The molecule has 0 saturated carbocycles. The Kier molecular flexibility index (Phi) is 11.2. The topological polar surface area (TPSA) is 80.3 Å². The van der Waals surface area contributed by atoms with Gasteiger partial charge in [-0.15, -0.1) is 0 Å². The van der Waals surface area contributed by atoms with Gasteiger partial charge >= 0.3 is 0 Å². The lowest BCUT2D eigenvalue weighted by Gasteiger charge is -2.27. The van der Waals surface area contributed by atoms with E-state index in [2.05, 4.69) is 20.4 Å². The maximum Gasteiger partial charge on any atom is 0.178 e. The Morgan fingerprint density at radius 1 is 1.09 bits per heavy atom. The summed E-state index contributed by atoms with van der Waals surface area (Å²) >= 11 is 0. The molecule has 3 saturated heterocycles. The number of rotatable bonds is 4. The standard InChI is InChI=1S/C12H16O4S.C8H14O.C6H12O2/c1-15-12-8-16-7-10(12)9-17(13,14)11-5-3-2-4-6-11;1-6-4-5-9-8(3)7(6)2;1-5-4-7-6(2,3)8-5/h2-6,10,12H,7-9H2,1H3;6,8H,2,4-5H2,1,3H3;5H,4H2,1-3H3/t10?,12-;6-,8?;/m01./s1. The third kappa shape index (κ3) is 9.06. The van der Waals surface area contributed by atoms with Gasteiger partial charge in [0.15, 0.2) is 15.6 Å². The minimum atomic E-state index is -3.25. The molecule has 0 bridgehead atoms. The van der Waals surface area contributed by atoms with Crippen LogP contribution in [0.4, 0.5) is 0 Å². The quantitative estimate of drug-likeness (QED) is 0.574. The van der Waals surface area contributed by atoms with Crippen LogP contribution in [0.25, 0.3) is 0 Å². The predicted octanol–water partition coefficient (Wildman–Crippen LogP) is 4.27. The van der Waals surface area contributed by atoms with Crippen LogP contribution < -0.4 is 0 Å². The van der Waals surface area contributed by atoms with Crippen LogP contribution in [0.1, 0.15) is 41.0 Å². The normalized spacial score (nSPS) is 30.6. The fourth-order valence-electron chi connectivity index (χ4n) is 3.99. The van der Waals surface area contributed by atoms with E-state index >= 15 is 0 Å². The molecule has 0 radical (unpaired) electrons. The van der Waals surface area contributed by atoms with Gasteiger partial charge < -0.3 is 23.7 Å².